The van der Waals surface area contributed by atoms with Crippen LogP contribution in [0.3, 0.4) is 0 Å². The molecule has 9 heteroatoms. The van der Waals surface area contributed by atoms with Crippen LogP contribution in [-0.2, 0) is 20.0 Å². The molecule has 0 amide bonds. The third-order valence-electron chi connectivity index (χ3n) is 4.41. The van der Waals surface area contributed by atoms with Gasteiger partial charge in [0, 0.05) is 29.9 Å². The topological polar surface area (TPSA) is 78.0 Å². The van der Waals surface area contributed by atoms with Gasteiger partial charge in [-0.25, -0.2) is 14.6 Å². The second-order valence-corrected chi connectivity index (χ2v) is 7.88. The zero-order valence-electron chi connectivity index (χ0n) is 13.9. The molecular formula is C17H14N6OS2. The van der Waals surface area contributed by atoms with E-state index >= 15 is 0 Å². The average molecular weight is 382 g/mol. The summed E-state index contributed by atoms with van der Waals surface area (Å²) in [5.74, 6) is 0. The van der Waals surface area contributed by atoms with Crippen molar-refractivity contribution in [2.45, 2.75) is 13.0 Å². The summed E-state index contributed by atoms with van der Waals surface area (Å²) in [7, 11) is 1.88. The first-order valence-electron chi connectivity index (χ1n) is 8.11. The zero-order valence-corrected chi connectivity index (χ0v) is 15.5. The number of aliphatic imine (C=N–C) groups is 1. The highest BCUT2D eigenvalue weighted by molar-refractivity contribution is 7.19. The van der Waals surface area contributed by atoms with Crippen molar-refractivity contribution in [2.24, 2.45) is 12.0 Å². The molecular weight excluding hydrogens is 368 g/mol. The first-order valence-corrected chi connectivity index (χ1v) is 9.87. The Morgan fingerprint density at radius 3 is 3.04 bits per heavy atom. The van der Waals surface area contributed by atoms with Crippen LogP contribution in [0.25, 0.3) is 21.3 Å². The molecule has 1 aliphatic heterocycles. The molecule has 5 rings (SSSR count). The molecule has 0 unspecified atom stereocenters. The van der Waals surface area contributed by atoms with Crippen LogP contribution in [0.4, 0.5) is 0 Å². The Bertz CT molecular complexity index is 1240. The molecule has 4 aromatic rings. The van der Waals surface area contributed by atoms with E-state index in [1.807, 2.05) is 29.1 Å². The fourth-order valence-corrected chi connectivity index (χ4v) is 4.84. The summed E-state index contributed by atoms with van der Waals surface area (Å²) in [6.45, 7) is 1.13. The van der Waals surface area contributed by atoms with E-state index in [1.165, 1.54) is 16.0 Å². The summed E-state index contributed by atoms with van der Waals surface area (Å²) in [5, 5.41) is 8.14. The van der Waals surface area contributed by atoms with Gasteiger partial charge in [-0.3, -0.25) is 9.79 Å². The smallest absolute Gasteiger partial charge is 0.291 e. The van der Waals surface area contributed by atoms with E-state index in [1.54, 1.807) is 23.0 Å². The van der Waals surface area contributed by atoms with Crippen LogP contribution in [0.1, 0.15) is 10.7 Å². The van der Waals surface area contributed by atoms with Crippen molar-refractivity contribution >= 4 is 49.6 Å². The van der Waals surface area contributed by atoms with Gasteiger partial charge >= 0.3 is 0 Å². The molecule has 5 heterocycles. The van der Waals surface area contributed by atoms with Gasteiger partial charge in [0.15, 0.2) is 5.65 Å². The predicted octanol–water partition coefficient (Wildman–Crippen LogP) is 2.40. The lowest BCUT2D eigenvalue weighted by Gasteiger charge is -2.03. The number of allylic oxidation sites excluding steroid dienone is 1. The van der Waals surface area contributed by atoms with Crippen molar-refractivity contribution in [1.29, 1.82) is 0 Å². The van der Waals surface area contributed by atoms with Gasteiger partial charge in [0.25, 0.3) is 5.56 Å². The maximum atomic E-state index is 12.9. The van der Waals surface area contributed by atoms with E-state index in [4.69, 9.17) is 4.98 Å². The van der Waals surface area contributed by atoms with Gasteiger partial charge in [-0.2, -0.15) is 5.10 Å². The Morgan fingerprint density at radius 2 is 2.27 bits per heavy atom. The van der Waals surface area contributed by atoms with Gasteiger partial charge in [-0.15, -0.1) is 22.7 Å². The molecule has 0 spiro atoms. The maximum Gasteiger partial charge on any atom is 0.291 e. The predicted molar refractivity (Wildman–Crippen MR) is 105 cm³/mol. The molecule has 0 N–H and O–H groups in total. The standard InChI is InChI=1S/C17H14N6OS2/c1-22-14-12(6-20-23(17(14)24)7-11-8-25-9-19-11)15-16(22)21-13(26-15)5-10-3-2-4-18-10/h2-3,6,8-9H,4-5,7H2,1H3. The summed E-state index contributed by atoms with van der Waals surface area (Å²) in [4.78, 5) is 26.3. The minimum absolute atomic E-state index is 0.118. The molecule has 0 bridgehead atoms. The lowest BCUT2D eigenvalue weighted by atomic mass is 10.3. The number of thiazole rings is 2. The minimum atomic E-state index is -0.118. The van der Waals surface area contributed by atoms with Gasteiger partial charge < -0.3 is 4.57 Å². The Balaban J connectivity index is 1.61. The summed E-state index contributed by atoms with van der Waals surface area (Å²) >= 11 is 3.12. The highest BCUT2D eigenvalue weighted by atomic mass is 32.1. The number of hydrogen-bond donors (Lipinski definition) is 0. The summed E-state index contributed by atoms with van der Waals surface area (Å²) in [6, 6.07) is 0. The summed E-state index contributed by atoms with van der Waals surface area (Å²) < 4.78 is 4.34. The van der Waals surface area contributed by atoms with Crippen LogP contribution in [0.5, 0.6) is 0 Å². The molecule has 0 saturated carbocycles. The van der Waals surface area contributed by atoms with Gasteiger partial charge in [0.1, 0.15) is 10.5 Å². The van der Waals surface area contributed by atoms with Crippen LogP contribution < -0.4 is 5.56 Å². The fourth-order valence-electron chi connectivity index (χ4n) is 3.17. The molecule has 4 aromatic heterocycles. The van der Waals surface area contributed by atoms with E-state index in [0.29, 0.717) is 12.1 Å². The Kier molecular flexibility index (Phi) is 3.57. The molecule has 130 valence electrons. The number of rotatable bonds is 4. The van der Waals surface area contributed by atoms with Crippen molar-refractivity contribution in [3.8, 4) is 0 Å². The molecule has 0 aliphatic carbocycles. The van der Waals surface area contributed by atoms with Gasteiger partial charge in [-0.05, 0) is 6.08 Å². The van der Waals surface area contributed by atoms with Crippen molar-refractivity contribution in [2.75, 3.05) is 6.54 Å². The number of nitrogens with zero attached hydrogens (tertiary/aromatic N) is 6. The van der Waals surface area contributed by atoms with Crippen LogP contribution in [0.15, 0.2) is 39.0 Å². The molecule has 0 aromatic carbocycles. The monoisotopic (exact) mass is 382 g/mol. The summed E-state index contributed by atoms with van der Waals surface area (Å²) in [6.07, 6.45) is 6.59. The lowest BCUT2D eigenvalue weighted by Crippen LogP contribution is -2.24. The minimum Gasteiger partial charge on any atom is -0.323 e. The van der Waals surface area contributed by atoms with Crippen molar-refractivity contribution in [1.82, 2.24) is 24.3 Å². The molecule has 0 saturated heterocycles. The number of aryl methyl sites for hydroxylation is 1. The highest BCUT2D eigenvalue weighted by Crippen LogP contribution is 2.31. The maximum absolute atomic E-state index is 12.9. The van der Waals surface area contributed by atoms with E-state index < -0.39 is 0 Å². The van der Waals surface area contributed by atoms with Gasteiger partial charge in [0.2, 0.25) is 0 Å². The van der Waals surface area contributed by atoms with Gasteiger partial charge in [-0.1, -0.05) is 6.08 Å². The Labute approximate surface area is 156 Å². The van der Waals surface area contributed by atoms with Crippen molar-refractivity contribution < 1.29 is 0 Å². The second kappa shape index (κ2) is 5.96. The van der Waals surface area contributed by atoms with Crippen LogP contribution >= 0.6 is 22.7 Å². The first-order chi connectivity index (χ1) is 12.7. The first kappa shape index (κ1) is 15.6. The number of hydrogen-bond acceptors (Lipinski definition) is 7. The van der Waals surface area contributed by atoms with E-state index in [0.717, 1.165) is 45.1 Å². The Hall–Kier alpha value is -2.65. The number of fused-ring (bicyclic) bond motifs is 3. The molecule has 1 aliphatic rings. The van der Waals surface area contributed by atoms with E-state index in [-0.39, 0.29) is 5.56 Å². The van der Waals surface area contributed by atoms with E-state index in [2.05, 4.69) is 15.1 Å². The van der Waals surface area contributed by atoms with Crippen LogP contribution in [0.2, 0.25) is 0 Å². The average Bonchev–Trinajstić information content (AvgIpc) is 3.39. The van der Waals surface area contributed by atoms with Crippen molar-refractivity contribution in [3.63, 3.8) is 0 Å². The largest absolute Gasteiger partial charge is 0.323 e. The van der Waals surface area contributed by atoms with E-state index in [9.17, 15) is 4.79 Å². The summed E-state index contributed by atoms with van der Waals surface area (Å²) in [5.41, 5.74) is 4.99. The van der Waals surface area contributed by atoms with Crippen LogP contribution in [0, 0.1) is 0 Å². The highest BCUT2D eigenvalue weighted by Gasteiger charge is 2.19. The fraction of sp³-hybridized carbons (Fsp3) is 0.235. The zero-order chi connectivity index (χ0) is 17.7. The quantitative estimate of drug-likeness (QED) is 0.543. The SMILES string of the molecule is Cn1c2nc(CC3=NCC=C3)sc2c2cnn(Cc3cscn3)c(=O)c21. The third-order valence-corrected chi connectivity index (χ3v) is 6.12. The Morgan fingerprint density at radius 1 is 1.35 bits per heavy atom. The second-order valence-electron chi connectivity index (χ2n) is 6.08. The molecule has 0 atom stereocenters. The van der Waals surface area contributed by atoms with Crippen molar-refractivity contribution in [3.05, 3.63) is 50.3 Å². The third kappa shape index (κ3) is 2.43. The van der Waals surface area contributed by atoms with Gasteiger partial charge in [0.05, 0.1) is 35.2 Å². The lowest BCUT2D eigenvalue weighted by molar-refractivity contribution is 0.635. The normalized spacial score (nSPS) is 14.0. The molecule has 7 nitrogen and oxygen atoms in total. The molecule has 0 radical (unpaired) electrons. The molecule has 0 fully saturated rings. The van der Waals surface area contributed by atoms with Crippen LogP contribution in [-0.4, -0.2) is 36.6 Å². The molecule has 26 heavy (non-hydrogen) atoms. The number of aromatic nitrogens is 5.